The molecule has 0 aliphatic heterocycles. The van der Waals surface area contributed by atoms with Gasteiger partial charge in [-0.05, 0) is 23.6 Å². The zero-order valence-corrected chi connectivity index (χ0v) is 9.84. The maximum Gasteiger partial charge on any atom is 0.416 e. The van der Waals surface area contributed by atoms with Crippen LogP contribution in [0.4, 0.5) is 13.2 Å². The highest BCUT2D eigenvalue weighted by Crippen LogP contribution is 2.28. The Morgan fingerprint density at radius 3 is 2.24 bits per heavy atom. The van der Waals surface area contributed by atoms with E-state index < -0.39 is 11.7 Å². The van der Waals surface area contributed by atoms with Gasteiger partial charge in [-0.3, -0.25) is 0 Å². The molecule has 0 aromatic heterocycles. The summed E-state index contributed by atoms with van der Waals surface area (Å²) in [5, 5.41) is 0. The van der Waals surface area contributed by atoms with Gasteiger partial charge in [-0.2, -0.15) is 18.7 Å². The number of halogens is 3. The molecule has 0 fully saturated rings. The molecule has 0 heterocycles. The van der Waals surface area contributed by atoms with Gasteiger partial charge >= 0.3 is 6.18 Å². The number of alkyl halides is 3. The Labute approximate surface area is 98.7 Å². The van der Waals surface area contributed by atoms with Crippen molar-refractivity contribution in [1.82, 2.24) is 5.48 Å². The summed E-state index contributed by atoms with van der Waals surface area (Å²) in [5.41, 5.74) is 2.83. The number of nitrogens with one attached hydrogen (secondary N) is 1. The molecule has 17 heavy (non-hydrogen) atoms. The average molecular weight is 247 g/mol. The fourth-order valence-corrected chi connectivity index (χ4v) is 1.17. The van der Waals surface area contributed by atoms with Gasteiger partial charge in [0.25, 0.3) is 0 Å². The summed E-state index contributed by atoms with van der Waals surface area (Å²) in [7, 11) is 0. The molecule has 0 unspecified atom stereocenters. The smallest absolute Gasteiger partial charge is 0.301 e. The van der Waals surface area contributed by atoms with Crippen LogP contribution in [-0.2, 0) is 17.6 Å². The summed E-state index contributed by atoms with van der Waals surface area (Å²) in [5.74, 6) is 0.412. The van der Waals surface area contributed by atoms with E-state index in [1.807, 2.05) is 13.8 Å². The van der Waals surface area contributed by atoms with E-state index in [-0.39, 0.29) is 0 Å². The minimum Gasteiger partial charge on any atom is -0.301 e. The van der Waals surface area contributed by atoms with Crippen molar-refractivity contribution in [2.45, 2.75) is 26.6 Å². The Morgan fingerprint density at radius 2 is 1.76 bits per heavy atom. The van der Waals surface area contributed by atoms with Crippen molar-refractivity contribution >= 4 is 0 Å². The molecule has 1 aromatic rings. The van der Waals surface area contributed by atoms with Gasteiger partial charge in [0.15, 0.2) is 0 Å². The van der Waals surface area contributed by atoms with Gasteiger partial charge in [-0.1, -0.05) is 26.0 Å². The van der Waals surface area contributed by atoms with Crippen molar-refractivity contribution in [3.8, 4) is 0 Å². The monoisotopic (exact) mass is 247 g/mol. The largest absolute Gasteiger partial charge is 0.416 e. The molecular weight excluding hydrogens is 231 g/mol. The first-order valence-electron chi connectivity index (χ1n) is 5.40. The lowest BCUT2D eigenvalue weighted by Gasteiger charge is -2.09. The van der Waals surface area contributed by atoms with Crippen LogP contribution in [0.25, 0.3) is 0 Å². The van der Waals surface area contributed by atoms with Crippen molar-refractivity contribution in [2.24, 2.45) is 5.92 Å². The van der Waals surface area contributed by atoms with E-state index in [4.69, 9.17) is 4.84 Å². The van der Waals surface area contributed by atoms with Crippen LogP contribution in [0, 0.1) is 5.92 Å². The Hall–Kier alpha value is -1.07. The third-order valence-electron chi connectivity index (χ3n) is 2.08. The predicted octanol–water partition coefficient (Wildman–Crippen LogP) is 3.38. The van der Waals surface area contributed by atoms with Crippen LogP contribution in [0.5, 0.6) is 0 Å². The predicted molar refractivity (Wildman–Crippen MR) is 59.1 cm³/mol. The molecule has 1 aromatic carbocycles. The first-order chi connectivity index (χ1) is 7.89. The molecule has 96 valence electrons. The second kappa shape index (κ2) is 6.02. The van der Waals surface area contributed by atoms with E-state index >= 15 is 0 Å². The molecule has 0 radical (unpaired) electrons. The molecule has 1 N–H and O–H groups in total. The quantitative estimate of drug-likeness (QED) is 0.636. The van der Waals surface area contributed by atoms with Gasteiger partial charge < -0.3 is 4.84 Å². The summed E-state index contributed by atoms with van der Waals surface area (Å²) in [6.45, 7) is 4.99. The molecule has 0 saturated heterocycles. The highest BCUT2D eigenvalue weighted by molar-refractivity contribution is 5.24. The molecular formula is C12H16F3NO. The second-order valence-corrected chi connectivity index (χ2v) is 4.22. The van der Waals surface area contributed by atoms with E-state index in [1.54, 1.807) is 0 Å². The number of benzene rings is 1. The number of hydrogen-bond acceptors (Lipinski definition) is 2. The van der Waals surface area contributed by atoms with Gasteiger partial charge in [-0.15, -0.1) is 0 Å². The highest BCUT2D eigenvalue weighted by Gasteiger charge is 2.29. The zero-order chi connectivity index (χ0) is 12.9. The van der Waals surface area contributed by atoms with E-state index in [0.717, 1.165) is 17.7 Å². The van der Waals surface area contributed by atoms with Crippen LogP contribution in [0.3, 0.4) is 0 Å². The number of hydrogen-bond donors (Lipinski definition) is 1. The molecule has 0 aliphatic carbocycles. The molecule has 0 saturated carbocycles. The fraction of sp³-hybridized carbons (Fsp3) is 0.500. The maximum absolute atomic E-state index is 12.3. The van der Waals surface area contributed by atoms with Crippen LogP contribution in [0.15, 0.2) is 24.3 Å². The normalized spacial score (nSPS) is 12.1. The summed E-state index contributed by atoms with van der Waals surface area (Å²) >= 11 is 0. The van der Waals surface area contributed by atoms with Gasteiger partial charge in [0.2, 0.25) is 0 Å². The maximum atomic E-state index is 12.3. The topological polar surface area (TPSA) is 21.3 Å². The average Bonchev–Trinajstić information content (AvgIpc) is 2.23. The lowest BCUT2D eigenvalue weighted by atomic mass is 10.1. The molecule has 0 aliphatic rings. The second-order valence-electron chi connectivity index (χ2n) is 4.22. The van der Waals surface area contributed by atoms with Gasteiger partial charge in [0.1, 0.15) is 0 Å². The first kappa shape index (κ1) is 14.0. The van der Waals surface area contributed by atoms with Crippen molar-refractivity contribution in [2.75, 3.05) is 6.61 Å². The Kier molecular flexibility index (Phi) is 4.96. The summed E-state index contributed by atoms with van der Waals surface area (Å²) in [4.78, 5) is 5.12. The van der Waals surface area contributed by atoms with Crippen LogP contribution in [0.1, 0.15) is 25.0 Å². The fourth-order valence-electron chi connectivity index (χ4n) is 1.17. The standard InChI is InChI=1S/C12H16F3NO/c1-9(2)8-17-16-7-10-3-5-11(6-4-10)12(13,14)15/h3-6,9,16H,7-8H2,1-2H3. The third-order valence-corrected chi connectivity index (χ3v) is 2.08. The van der Waals surface area contributed by atoms with Gasteiger partial charge in [-0.25, -0.2) is 0 Å². The lowest BCUT2D eigenvalue weighted by Crippen LogP contribution is -2.17. The Balaban J connectivity index is 2.41. The van der Waals surface area contributed by atoms with Crippen molar-refractivity contribution in [1.29, 1.82) is 0 Å². The van der Waals surface area contributed by atoms with Crippen LogP contribution < -0.4 is 5.48 Å². The zero-order valence-electron chi connectivity index (χ0n) is 9.84. The molecule has 1 rings (SSSR count). The van der Waals surface area contributed by atoms with Crippen molar-refractivity contribution < 1.29 is 18.0 Å². The molecule has 0 amide bonds. The molecule has 0 atom stereocenters. The van der Waals surface area contributed by atoms with E-state index in [0.29, 0.717) is 19.1 Å². The summed E-state index contributed by atoms with van der Waals surface area (Å²) in [6, 6.07) is 5.02. The molecule has 5 heteroatoms. The highest BCUT2D eigenvalue weighted by atomic mass is 19.4. The molecule has 2 nitrogen and oxygen atoms in total. The summed E-state index contributed by atoms with van der Waals surface area (Å²) < 4.78 is 36.8. The number of hydroxylamine groups is 1. The minimum absolute atomic E-state index is 0.394. The van der Waals surface area contributed by atoms with Crippen LogP contribution in [-0.4, -0.2) is 6.61 Å². The number of rotatable bonds is 5. The van der Waals surface area contributed by atoms with E-state index in [9.17, 15) is 13.2 Å². The SMILES string of the molecule is CC(C)CONCc1ccc(C(F)(F)F)cc1. The molecule has 0 bridgehead atoms. The first-order valence-corrected chi connectivity index (χ1v) is 5.40. The minimum atomic E-state index is -4.28. The van der Waals surface area contributed by atoms with Crippen molar-refractivity contribution in [3.63, 3.8) is 0 Å². The Bertz CT molecular complexity index is 333. The van der Waals surface area contributed by atoms with Gasteiger partial charge in [0, 0.05) is 6.54 Å². The lowest BCUT2D eigenvalue weighted by molar-refractivity contribution is -0.137. The molecule has 0 spiro atoms. The van der Waals surface area contributed by atoms with Crippen LogP contribution in [0.2, 0.25) is 0 Å². The Morgan fingerprint density at radius 1 is 1.18 bits per heavy atom. The van der Waals surface area contributed by atoms with Crippen LogP contribution >= 0.6 is 0 Å². The van der Waals surface area contributed by atoms with Gasteiger partial charge in [0.05, 0.1) is 12.2 Å². The van der Waals surface area contributed by atoms with E-state index in [2.05, 4.69) is 5.48 Å². The third kappa shape index (κ3) is 5.19. The van der Waals surface area contributed by atoms with Crippen molar-refractivity contribution in [3.05, 3.63) is 35.4 Å². The summed E-state index contributed by atoms with van der Waals surface area (Å²) in [6.07, 6.45) is -4.28. The van der Waals surface area contributed by atoms with E-state index in [1.165, 1.54) is 12.1 Å².